The zero-order chi connectivity index (χ0) is 14.6. The Kier molecular flexibility index (Phi) is 5.79. The van der Waals surface area contributed by atoms with E-state index in [0.29, 0.717) is 18.1 Å². The molecule has 4 heteroatoms. The van der Waals surface area contributed by atoms with Crippen molar-refractivity contribution in [3.05, 3.63) is 0 Å². The maximum absolute atomic E-state index is 12.5. The summed E-state index contributed by atoms with van der Waals surface area (Å²) in [4.78, 5) is 14.6. The van der Waals surface area contributed by atoms with Crippen LogP contribution in [-0.2, 0) is 9.53 Å². The summed E-state index contributed by atoms with van der Waals surface area (Å²) in [6.07, 6.45) is 10.1. The molecule has 116 valence electrons. The molecule has 0 radical (unpaired) electrons. The number of thioether (sulfide) groups is 1. The molecular weight excluding hydrogens is 270 g/mol. The first kappa shape index (κ1) is 16.2. The summed E-state index contributed by atoms with van der Waals surface area (Å²) < 4.78 is 6.17. The predicted molar refractivity (Wildman–Crippen MR) is 85.1 cm³/mol. The number of hydrogen-bond donors (Lipinski definition) is 0. The van der Waals surface area contributed by atoms with Gasteiger partial charge in [0.2, 0.25) is 5.91 Å². The molecule has 2 fully saturated rings. The maximum Gasteiger partial charge on any atom is 0.229 e. The molecule has 1 saturated carbocycles. The molecule has 0 spiro atoms. The Balaban J connectivity index is 1.77. The van der Waals surface area contributed by atoms with Gasteiger partial charge in [0.25, 0.3) is 0 Å². The van der Waals surface area contributed by atoms with Crippen LogP contribution in [0.1, 0.15) is 52.4 Å². The number of carbonyl (C=O) groups is 1. The molecule has 0 bridgehead atoms. The van der Waals surface area contributed by atoms with E-state index in [-0.39, 0.29) is 5.41 Å². The lowest BCUT2D eigenvalue weighted by Gasteiger charge is -2.37. The lowest BCUT2D eigenvalue weighted by molar-refractivity contribution is -0.142. The van der Waals surface area contributed by atoms with Crippen molar-refractivity contribution in [2.24, 2.45) is 5.41 Å². The van der Waals surface area contributed by atoms with Gasteiger partial charge in [0.05, 0.1) is 17.6 Å². The molecule has 0 unspecified atom stereocenters. The number of carbonyl (C=O) groups excluding carboxylic acids is 1. The van der Waals surface area contributed by atoms with E-state index >= 15 is 0 Å². The van der Waals surface area contributed by atoms with Crippen molar-refractivity contribution in [3.8, 4) is 0 Å². The van der Waals surface area contributed by atoms with Gasteiger partial charge in [-0.15, -0.1) is 0 Å². The summed E-state index contributed by atoms with van der Waals surface area (Å²) in [5.74, 6) is 1.20. The molecular formula is C16H29NO2S. The Morgan fingerprint density at radius 3 is 2.25 bits per heavy atom. The van der Waals surface area contributed by atoms with Crippen molar-refractivity contribution >= 4 is 17.7 Å². The molecule has 0 aromatic carbocycles. The Morgan fingerprint density at radius 2 is 1.70 bits per heavy atom. The molecule has 20 heavy (non-hydrogen) atoms. The van der Waals surface area contributed by atoms with E-state index in [1.165, 1.54) is 25.7 Å². The average molecular weight is 299 g/mol. The fourth-order valence-corrected chi connectivity index (χ4v) is 4.19. The standard InChI is InChI=1S/C16H29NO2S/c1-16(2,12-20-3)15(18)17-10-8-14(9-11-17)19-13-6-4-5-7-13/h13-14H,4-12H2,1-3H3. The summed E-state index contributed by atoms with van der Waals surface area (Å²) in [6, 6.07) is 0. The Morgan fingerprint density at radius 1 is 1.15 bits per heavy atom. The van der Waals surface area contributed by atoms with Gasteiger partial charge in [-0.2, -0.15) is 11.8 Å². The zero-order valence-corrected chi connectivity index (χ0v) is 14.0. The van der Waals surface area contributed by atoms with E-state index in [4.69, 9.17) is 4.74 Å². The molecule has 0 N–H and O–H groups in total. The minimum Gasteiger partial charge on any atom is -0.375 e. The fraction of sp³-hybridized carbons (Fsp3) is 0.938. The molecule has 0 atom stereocenters. The highest BCUT2D eigenvalue weighted by atomic mass is 32.2. The second-order valence-electron chi connectivity index (χ2n) is 6.85. The number of likely N-dealkylation sites (tertiary alicyclic amines) is 1. The number of ether oxygens (including phenoxy) is 1. The van der Waals surface area contributed by atoms with Crippen LogP contribution in [0.5, 0.6) is 0 Å². The normalized spacial score (nSPS) is 22.4. The molecule has 1 saturated heterocycles. The first-order valence-corrected chi connectivity index (χ1v) is 9.36. The van der Waals surface area contributed by atoms with Gasteiger partial charge < -0.3 is 9.64 Å². The second-order valence-corrected chi connectivity index (χ2v) is 7.72. The third-order valence-corrected chi connectivity index (χ3v) is 5.51. The molecule has 2 aliphatic rings. The largest absolute Gasteiger partial charge is 0.375 e. The minimum atomic E-state index is -0.238. The van der Waals surface area contributed by atoms with E-state index in [0.717, 1.165) is 31.7 Å². The predicted octanol–water partition coefficient (Wildman–Crippen LogP) is 3.33. The summed E-state index contributed by atoms with van der Waals surface area (Å²) in [5.41, 5.74) is -0.238. The van der Waals surface area contributed by atoms with Crippen molar-refractivity contribution in [2.45, 2.75) is 64.6 Å². The quantitative estimate of drug-likeness (QED) is 0.780. The van der Waals surface area contributed by atoms with Crippen LogP contribution in [-0.4, -0.2) is 48.1 Å². The average Bonchev–Trinajstić information content (AvgIpc) is 2.91. The molecule has 1 aliphatic heterocycles. The summed E-state index contributed by atoms with van der Waals surface area (Å²) >= 11 is 1.75. The highest BCUT2D eigenvalue weighted by Crippen LogP contribution is 2.28. The molecule has 1 aliphatic carbocycles. The third-order valence-electron chi connectivity index (χ3n) is 4.50. The van der Waals surface area contributed by atoms with Crippen molar-refractivity contribution in [1.82, 2.24) is 4.90 Å². The van der Waals surface area contributed by atoms with Crippen molar-refractivity contribution in [1.29, 1.82) is 0 Å². The van der Waals surface area contributed by atoms with Gasteiger partial charge in [-0.3, -0.25) is 4.79 Å². The summed E-state index contributed by atoms with van der Waals surface area (Å²) in [6.45, 7) is 5.86. The van der Waals surface area contributed by atoms with Crippen LogP contribution >= 0.6 is 11.8 Å². The van der Waals surface area contributed by atoms with Gasteiger partial charge in [0, 0.05) is 18.8 Å². The summed E-state index contributed by atoms with van der Waals surface area (Å²) in [7, 11) is 0. The van der Waals surface area contributed by atoms with Gasteiger partial charge in [-0.25, -0.2) is 0 Å². The number of rotatable bonds is 5. The Bertz CT molecular complexity index is 318. The van der Waals surface area contributed by atoms with E-state index in [1.807, 2.05) is 4.90 Å². The number of hydrogen-bond acceptors (Lipinski definition) is 3. The van der Waals surface area contributed by atoms with Gasteiger partial charge in [0.15, 0.2) is 0 Å². The second kappa shape index (κ2) is 7.17. The highest BCUT2D eigenvalue weighted by Gasteiger charge is 2.34. The molecule has 0 aromatic heterocycles. The lowest BCUT2D eigenvalue weighted by atomic mass is 9.93. The molecule has 3 nitrogen and oxygen atoms in total. The minimum absolute atomic E-state index is 0.238. The molecule has 1 amide bonds. The van der Waals surface area contributed by atoms with Gasteiger partial charge in [-0.05, 0) is 31.9 Å². The van der Waals surface area contributed by atoms with Crippen molar-refractivity contribution in [3.63, 3.8) is 0 Å². The number of nitrogens with zero attached hydrogens (tertiary/aromatic N) is 1. The molecule has 1 heterocycles. The van der Waals surface area contributed by atoms with E-state index in [9.17, 15) is 4.79 Å². The maximum atomic E-state index is 12.5. The highest BCUT2D eigenvalue weighted by molar-refractivity contribution is 7.98. The fourth-order valence-electron chi connectivity index (χ4n) is 3.34. The van der Waals surface area contributed by atoms with Crippen molar-refractivity contribution in [2.75, 3.05) is 25.1 Å². The Labute approximate surface area is 127 Å². The van der Waals surface area contributed by atoms with Crippen LogP contribution in [0.2, 0.25) is 0 Å². The smallest absolute Gasteiger partial charge is 0.229 e. The Hall–Kier alpha value is -0.220. The van der Waals surface area contributed by atoms with Gasteiger partial charge in [0.1, 0.15) is 0 Å². The van der Waals surface area contributed by atoms with E-state index in [1.54, 1.807) is 11.8 Å². The SMILES string of the molecule is CSCC(C)(C)C(=O)N1CCC(OC2CCCC2)CC1. The summed E-state index contributed by atoms with van der Waals surface area (Å²) in [5, 5.41) is 0. The zero-order valence-electron chi connectivity index (χ0n) is 13.2. The van der Waals surface area contributed by atoms with E-state index in [2.05, 4.69) is 20.1 Å². The number of piperidine rings is 1. The van der Waals surface area contributed by atoms with Crippen LogP contribution in [0, 0.1) is 5.41 Å². The molecule has 0 aromatic rings. The van der Waals surface area contributed by atoms with Crippen LogP contribution in [0.4, 0.5) is 0 Å². The lowest BCUT2D eigenvalue weighted by Crippen LogP contribution is -2.47. The first-order chi connectivity index (χ1) is 9.53. The monoisotopic (exact) mass is 299 g/mol. The van der Waals surface area contributed by atoms with E-state index < -0.39 is 0 Å². The number of amides is 1. The van der Waals surface area contributed by atoms with Crippen LogP contribution in [0.3, 0.4) is 0 Å². The topological polar surface area (TPSA) is 29.5 Å². The first-order valence-electron chi connectivity index (χ1n) is 7.97. The molecule has 2 rings (SSSR count). The third kappa shape index (κ3) is 4.14. The van der Waals surface area contributed by atoms with Gasteiger partial charge >= 0.3 is 0 Å². The van der Waals surface area contributed by atoms with Crippen LogP contribution in [0.25, 0.3) is 0 Å². The van der Waals surface area contributed by atoms with Gasteiger partial charge in [-0.1, -0.05) is 26.7 Å². The van der Waals surface area contributed by atoms with Crippen LogP contribution < -0.4 is 0 Å². The van der Waals surface area contributed by atoms with Crippen molar-refractivity contribution < 1.29 is 9.53 Å². The van der Waals surface area contributed by atoms with Crippen LogP contribution in [0.15, 0.2) is 0 Å².